The van der Waals surface area contributed by atoms with Crippen molar-refractivity contribution in [2.24, 2.45) is 5.92 Å². The van der Waals surface area contributed by atoms with Crippen molar-refractivity contribution in [1.82, 2.24) is 19.3 Å². The second kappa shape index (κ2) is 11.9. The van der Waals surface area contributed by atoms with E-state index in [1.807, 2.05) is 59.0 Å². The van der Waals surface area contributed by atoms with Crippen molar-refractivity contribution in [2.45, 2.75) is 45.6 Å². The third-order valence-corrected chi connectivity index (χ3v) is 8.24. The number of aryl methyl sites for hydroxylation is 1. The number of urea groups is 1. The van der Waals surface area contributed by atoms with Gasteiger partial charge in [0, 0.05) is 82.4 Å². The predicted octanol–water partition coefficient (Wildman–Crippen LogP) is 3.73. The molecule has 2 aromatic rings. The molecule has 0 saturated carbocycles. The maximum atomic E-state index is 12.9. The standard InChI is InChI=1S/C29H40N6O3/c1-2-31-16-6-7-26(31)28(37)34-19-21-35(22-20-34)29(38)30-24-8-10-25(11-9-24)32-17-12-23(13-18-32)27(36)33-14-4-3-5-15-33/h6-11,16,23H,2-5,12-15,17-22H2,1H3,(H,30,38). The van der Waals surface area contributed by atoms with Crippen LogP contribution in [0.3, 0.4) is 0 Å². The fourth-order valence-electron chi connectivity index (χ4n) is 5.87. The summed E-state index contributed by atoms with van der Waals surface area (Å²) in [4.78, 5) is 46.5. The number of aromatic nitrogens is 1. The summed E-state index contributed by atoms with van der Waals surface area (Å²) in [5, 5.41) is 3.00. The van der Waals surface area contributed by atoms with Gasteiger partial charge in [0.1, 0.15) is 5.69 Å². The van der Waals surface area contributed by atoms with Crippen LogP contribution in [-0.2, 0) is 11.3 Å². The average Bonchev–Trinajstić information content (AvgIpc) is 3.46. The van der Waals surface area contributed by atoms with E-state index in [1.54, 1.807) is 4.90 Å². The second-order valence-electron chi connectivity index (χ2n) is 10.6. The van der Waals surface area contributed by atoms with Crippen LogP contribution in [0.4, 0.5) is 16.2 Å². The van der Waals surface area contributed by atoms with E-state index in [0.29, 0.717) is 37.8 Å². The molecule has 0 spiro atoms. The van der Waals surface area contributed by atoms with Crippen molar-refractivity contribution in [3.05, 3.63) is 48.3 Å². The van der Waals surface area contributed by atoms with Crippen LogP contribution in [0.1, 0.15) is 49.5 Å². The SMILES string of the molecule is CCn1cccc1C(=O)N1CCN(C(=O)Nc2ccc(N3CCC(C(=O)N4CCCCC4)CC3)cc2)CC1. The second-order valence-corrected chi connectivity index (χ2v) is 10.6. The Bertz CT molecular complexity index is 1110. The molecule has 1 aromatic heterocycles. The van der Waals surface area contributed by atoms with Gasteiger partial charge in [-0.05, 0) is 75.4 Å². The molecule has 4 amide bonds. The van der Waals surface area contributed by atoms with Crippen LogP contribution in [0.15, 0.2) is 42.6 Å². The van der Waals surface area contributed by atoms with Gasteiger partial charge in [0.2, 0.25) is 5.91 Å². The number of likely N-dealkylation sites (tertiary alicyclic amines) is 1. The Hall–Kier alpha value is -3.49. The molecule has 204 valence electrons. The van der Waals surface area contributed by atoms with Crippen molar-refractivity contribution >= 4 is 29.2 Å². The van der Waals surface area contributed by atoms with E-state index in [1.165, 1.54) is 6.42 Å². The minimum atomic E-state index is -0.140. The van der Waals surface area contributed by atoms with E-state index in [9.17, 15) is 14.4 Å². The van der Waals surface area contributed by atoms with E-state index in [0.717, 1.165) is 69.8 Å². The van der Waals surface area contributed by atoms with Crippen molar-refractivity contribution in [2.75, 3.05) is 62.6 Å². The first-order valence-corrected chi connectivity index (χ1v) is 14.2. The highest BCUT2D eigenvalue weighted by molar-refractivity contribution is 5.93. The molecule has 1 N–H and O–H groups in total. The Balaban J connectivity index is 1.07. The van der Waals surface area contributed by atoms with Gasteiger partial charge in [0.05, 0.1) is 0 Å². The summed E-state index contributed by atoms with van der Waals surface area (Å²) < 4.78 is 1.95. The molecular formula is C29H40N6O3. The molecule has 4 heterocycles. The van der Waals surface area contributed by atoms with Crippen LogP contribution in [0.2, 0.25) is 0 Å². The van der Waals surface area contributed by atoms with E-state index >= 15 is 0 Å². The summed E-state index contributed by atoms with van der Waals surface area (Å²) in [5.74, 6) is 0.520. The predicted molar refractivity (Wildman–Crippen MR) is 148 cm³/mol. The average molecular weight is 521 g/mol. The number of amides is 4. The van der Waals surface area contributed by atoms with E-state index in [2.05, 4.69) is 15.1 Å². The third kappa shape index (κ3) is 5.81. The largest absolute Gasteiger partial charge is 0.371 e. The summed E-state index contributed by atoms with van der Waals surface area (Å²) in [6.45, 7) is 8.44. The first-order chi connectivity index (χ1) is 18.5. The fourth-order valence-corrected chi connectivity index (χ4v) is 5.87. The first-order valence-electron chi connectivity index (χ1n) is 14.2. The molecule has 5 rings (SSSR count). The van der Waals surface area contributed by atoms with E-state index < -0.39 is 0 Å². The van der Waals surface area contributed by atoms with Crippen molar-refractivity contribution in [3.8, 4) is 0 Å². The maximum Gasteiger partial charge on any atom is 0.321 e. The highest BCUT2D eigenvalue weighted by Gasteiger charge is 2.30. The zero-order chi connectivity index (χ0) is 26.5. The summed E-state index contributed by atoms with van der Waals surface area (Å²) in [7, 11) is 0. The van der Waals surface area contributed by atoms with E-state index in [4.69, 9.17) is 0 Å². The Labute approximate surface area is 225 Å². The molecule has 9 heteroatoms. The van der Waals surface area contributed by atoms with Crippen molar-refractivity contribution in [3.63, 3.8) is 0 Å². The number of nitrogens with one attached hydrogen (secondary N) is 1. The lowest BCUT2D eigenvalue weighted by molar-refractivity contribution is -0.137. The summed E-state index contributed by atoms with van der Waals surface area (Å²) >= 11 is 0. The van der Waals surface area contributed by atoms with Gasteiger partial charge in [-0.3, -0.25) is 9.59 Å². The minimum Gasteiger partial charge on any atom is -0.371 e. The van der Waals surface area contributed by atoms with Gasteiger partial charge >= 0.3 is 6.03 Å². The number of rotatable bonds is 5. The van der Waals surface area contributed by atoms with Gasteiger partial charge in [0.15, 0.2) is 0 Å². The Morgan fingerprint density at radius 2 is 1.45 bits per heavy atom. The van der Waals surface area contributed by atoms with Crippen molar-refractivity contribution < 1.29 is 14.4 Å². The summed E-state index contributed by atoms with van der Waals surface area (Å²) in [6, 6.07) is 11.6. The Kier molecular flexibility index (Phi) is 8.20. The molecule has 3 fully saturated rings. The number of hydrogen-bond acceptors (Lipinski definition) is 4. The van der Waals surface area contributed by atoms with Crippen LogP contribution in [-0.4, -0.2) is 89.5 Å². The number of carbonyl (C=O) groups excluding carboxylic acids is 3. The quantitative estimate of drug-likeness (QED) is 0.652. The van der Waals surface area contributed by atoms with Crippen LogP contribution < -0.4 is 10.2 Å². The highest BCUT2D eigenvalue weighted by Crippen LogP contribution is 2.27. The number of benzene rings is 1. The highest BCUT2D eigenvalue weighted by atomic mass is 16.2. The Morgan fingerprint density at radius 3 is 2.11 bits per heavy atom. The van der Waals surface area contributed by atoms with Crippen LogP contribution in [0, 0.1) is 5.92 Å². The number of nitrogens with zero attached hydrogens (tertiary/aromatic N) is 5. The van der Waals surface area contributed by atoms with Crippen molar-refractivity contribution in [1.29, 1.82) is 0 Å². The lowest BCUT2D eigenvalue weighted by Crippen LogP contribution is -2.51. The van der Waals surface area contributed by atoms with Gasteiger partial charge in [-0.15, -0.1) is 0 Å². The zero-order valence-corrected chi connectivity index (χ0v) is 22.5. The fraction of sp³-hybridized carbons (Fsp3) is 0.552. The number of piperazine rings is 1. The topological polar surface area (TPSA) is 81.1 Å². The number of carbonyl (C=O) groups is 3. The van der Waals surface area contributed by atoms with Crippen LogP contribution in [0.5, 0.6) is 0 Å². The van der Waals surface area contributed by atoms with Gasteiger partial charge < -0.3 is 29.5 Å². The zero-order valence-electron chi connectivity index (χ0n) is 22.5. The molecule has 3 aliphatic heterocycles. The molecule has 0 unspecified atom stereocenters. The van der Waals surface area contributed by atoms with Gasteiger partial charge in [-0.25, -0.2) is 4.79 Å². The Morgan fingerprint density at radius 1 is 0.789 bits per heavy atom. The molecule has 38 heavy (non-hydrogen) atoms. The molecular weight excluding hydrogens is 480 g/mol. The lowest BCUT2D eigenvalue weighted by Gasteiger charge is -2.36. The normalized spacial score (nSPS) is 19.0. The third-order valence-electron chi connectivity index (χ3n) is 8.24. The maximum absolute atomic E-state index is 12.9. The van der Waals surface area contributed by atoms with Gasteiger partial charge in [-0.2, -0.15) is 0 Å². The molecule has 3 aliphatic rings. The smallest absolute Gasteiger partial charge is 0.321 e. The molecule has 1 aromatic carbocycles. The molecule has 0 aliphatic carbocycles. The molecule has 9 nitrogen and oxygen atoms in total. The lowest BCUT2D eigenvalue weighted by atomic mass is 9.94. The van der Waals surface area contributed by atoms with Crippen LogP contribution in [0.25, 0.3) is 0 Å². The van der Waals surface area contributed by atoms with Gasteiger partial charge in [-0.1, -0.05) is 0 Å². The summed E-state index contributed by atoms with van der Waals surface area (Å²) in [5.41, 5.74) is 2.58. The van der Waals surface area contributed by atoms with Crippen LogP contribution >= 0.6 is 0 Å². The molecule has 0 radical (unpaired) electrons. The summed E-state index contributed by atoms with van der Waals surface area (Å²) in [6.07, 6.45) is 7.22. The monoisotopic (exact) mass is 520 g/mol. The number of anilines is 2. The molecule has 0 bridgehead atoms. The molecule has 0 atom stereocenters. The number of piperidine rings is 2. The number of hydrogen-bond donors (Lipinski definition) is 1. The van der Waals surface area contributed by atoms with E-state index in [-0.39, 0.29) is 17.9 Å². The minimum absolute atomic E-state index is 0.0207. The van der Waals surface area contributed by atoms with Gasteiger partial charge in [0.25, 0.3) is 5.91 Å². The first kappa shape index (κ1) is 26.1. The molecule has 3 saturated heterocycles.